The second-order valence-corrected chi connectivity index (χ2v) is 6.36. The highest BCUT2D eigenvalue weighted by atomic mass is 35.5. The van der Waals surface area contributed by atoms with Gasteiger partial charge < -0.3 is 20.9 Å². The Morgan fingerprint density at radius 3 is 2.41 bits per heavy atom. The fourth-order valence-electron chi connectivity index (χ4n) is 2.32. The molecule has 0 heterocycles. The quantitative estimate of drug-likeness (QED) is 0.709. The highest BCUT2D eigenvalue weighted by molar-refractivity contribution is 6.34. The van der Waals surface area contributed by atoms with E-state index in [1.165, 1.54) is 11.9 Å². The molecule has 0 radical (unpaired) electrons. The Morgan fingerprint density at radius 2 is 1.78 bits per heavy atom. The van der Waals surface area contributed by atoms with E-state index < -0.39 is 0 Å². The molecule has 7 nitrogen and oxygen atoms in total. The smallest absolute Gasteiger partial charge is 0.253 e. The van der Waals surface area contributed by atoms with Gasteiger partial charge in [-0.2, -0.15) is 0 Å². The Kier molecular flexibility index (Phi) is 6.79. The standard InChI is InChI=1S/C19H21ClN4O3/c1-21-18(26)15-8-7-13(10-16(15)20)22-11-17(25)23-14-6-4-5-12(9-14)19(27)24(2)3/h4-10,22H,11H2,1-3H3,(H,21,26)(H,23,25). The van der Waals surface area contributed by atoms with E-state index in [0.29, 0.717) is 22.5 Å². The van der Waals surface area contributed by atoms with Crippen LogP contribution < -0.4 is 16.0 Å². The van der Waals surface area contributed by atoms with Crippen LogP contribution in [-0.4, -0.2) is 50.3 Å². The van der Waals surface area contributed by atoms with Crippen LogP contribution in [0.4, 0.5) is 11.4 Å². The number of hydrogen-bond acceptors (Lipinski definition) is 4. The summed E-state index contributed by atoms with van der Waals surface area (Å²) in [5, 5.41) is 8.46. The average Bonchev–Trinajstić information content (AvgIpc) is 2.65. The Balaban J connectivity index is 1.97. The van der Waals surface area contributed by atoms with Gasteiger partial charge in [-0.15, -0.1) is 0 Å². The number of hydrogen-bond donors (Lipinski definition) is 3. The maximum atomic E-state index is 12.1. The molecule has 27 heavy (non-hydrogen) atoms. The van der Waals surface area contributed by atoms with Crippen molar-refractivity contribution in [2.45, 2.75) is 0 Å². The molecule has 0 fully saturated rings. The molecule has 0 aliphatic carbocycles. The fourth-order valence-corrected chi connectivity index (χ4v) is 2.59. The van der Waals surface area contributed by atoms with Gasteiger partial charge in [-0.1, -0.05) is 17.7 Å². The number of rotatable bonds is 6. The molecule has 3 amide bonds. The first kappa shape index (κ1) is 20.3. The first-order valence-corrected chi connectivity index (χ1v) is 8.56. The van der Waals surface area contributed by atoms with Crippen molar-refractivity contribution in [1.29, 1.82) is 0 Å². The molecule has 0 saturated carbocycles. The van der Waals surface area contributed by atoms with Crippen LogP contribution in [0.15, 0.2) is 42.5 Å². The molecule has 0 unspecified atom stereocenters. The van der Waals surface area contributed by atoms with Gasteiger partial charge in [-0.25, -0.2) is 0 Å². The van der Waals surface area contributed by atoms with Crippen molar-refractivity contribution in [2.24, 2.45) is 0 Å². The minimum Gasteiger partial charge on any atom is -0.376 e. The highest BCUT2D eigenvalue weighted by Gasteiger charge is 2.11. The summed E-state index contributed by atoms with van der Waals surface area (Å²) in [4.78, 5) is 37.2. The molecule has 2 aromatic rings. The van der Waals surface area contributed by atoms with Gasteiger partial charge in [-0.05, 0) is 36.4 Å². The van der Waals surface area contributed by atoms with E-state index in [2.05, 4.69) is 16.0 Å². The third-order valence-corrected chi connectivity index (χ3v) is 4.01. The Morgan fingerprint density at radius 1 is 1.04 bits per heavy atom. The lowest BCUT2D eigenvalue weighted by atomic mass is 10.2. The van der Waals surface area contributed by atoms with E-state index in [1.807, 2.05) is 0 Å². The van der Waals surface area contributed by atoms with Gasteiger partial charge in [0.15, 0.2) is 0 Å². The van der Waals surface area contributed by atoms with Crippen LogP contribution in [0.2, 0.25) is 5.02 Å². The van der Waals surface area contributed by atoms with Crippen molar-refractivity contribution in [3.8, 4) is 0 Å². The molecule has 0 atom stereocenters. The van der Waals surface area contributed by atoms with E-state index in [1.54, 1.807) is 56.6 Å². The largest absolute Gasteiger partial charge is 0.376 e. The molecular weight excluding hydrogens is 368 g/mol. The third kappa shape index (κ3) is 5.46. The average molecular weight is 389 g/mol. The first-order chi connectivity index (χ1) is 12.8. The summed E-state index contributed by atoms with van der Waals surface area (Å²) in [6, 6.07) is 11.5. The number of nitrogens with zero attached hydrogens (tertiary/aromatic N) is 1. The SMILES string of the molecule is CNC(=O)c1ccc(NCC(=O)Nc2cccc(C(=O)N(C)C)c2)cc1Cl. The normalized spacial score (nSPS) is 10.1. The lowest BCUT2D eigenvalue weighted by molar-refractivity contribution is -0.114. The summed E-state index contributed by atoms with van der Waals surface area (Å²) in [6.07, 6.45) is 0. The number of nitrogens with one attached hydrogen (secondary N) is 3. The zero-order chi connectivity index (χ0) is 20.0. The van der Waals surface area contributed by atoms with Crippen molar-refractivity contribution >= 4 is 40.7 Å². The molecule has 0 aliphatic rings. The minimum absolute atomic E-state index is 0.00149. The number of halogens is 1. The lowest BCUT2D eigenvalue weighted by Gasteiger charge is -2.12. The number of anilines is 2. The Bertz CT molecular complexity index is 868. The van der Waals surface area contributed by atoms with Gasteiger partial charge in [0.25, 0.3) is 11.8 Å². The highest BCUT2D eigenvalue weighted by Crippen LogP contribution is 2.21. The van der Waals surface area contributed by atoms with E-state index >= 15 is 0 Å². The second kappa shape index (κ2) is 9.05. The zero-order valence-electron chi connectivity index (χ0n) is 15.3. The maximum Gasteiger partial charge on any atom is 0.253 e. The summed E-state index contributed by atoms with van der Waals surface area (Å²) in [5.74, 6) is -0.706. The molecule has 0 saturated heterocycles. The number of amides is 3. The van der Waals surface area contributed by atoms with Gasteiger partial charge in [0.2, 0.25) is 5.91 Å². The zero-order valence-corrected chi connectivity index (χ0v) is 16.1. The van der Waals surface area contributed by atoms with Crippen LogP contribution in [-0.2, 0) is 4.79 Å². The molecule has 0 spiro atoms. The van der Waals surface area contributed by atoms with Crippen molar-refractivity contribution < 1.29 is 14.4 Å². The summed E-state index contributed by atoms with van der Waals surface area (Å²) in [6.45, 7) is 0.00149. The Labute approximate surface area is 162 Å². The molecule has 0 aromatic heterocycles. The number of carbonyl (C=O) groups is 3. The second-order valence-electron chi connectivity index (χ2n) is 5.96. The fraction of sp³-hybridized carbons (Fsp3) is 0.211. The van der Waals surface area contributed by atoms with E-state index in [-0.39, 0.29) is 29.3 Å². The monoisotopic (exact) mass is 388 g/mol. The number of benzene rings is 2. The van der Waals surface area contributed by atoms with Gasteiger partial charge >= 0.3 is 0 Å². The number of carbonyl (C=O) groups excluding carboxylic acids is 3. The molecule has 0 aliphatic heterocycles. The van der Waals surface area contributed by atoms with Gasteiger partial charge in [0, 0.05) is 38.1 Å². The van der Waals surface area contributed by atoms with E-state index in [9.17, 15) is 14.4 Å². The van der Waals surface area contributed by atoms with Crippen LogP contribution in [0.3, 0.4) is 0 Å². The maximum absolute atomic E-state index is 12.1. The first-order valence-electron chi connectivity index (χ1n) is 8.19. The van der Waals surface area contributed by atoms with Crippen LogP contribution in [0.1, 0.15) is 20.7 Å². The predicted molar refractivity (Wildman–Crippen MR) is 106 cm³/mol. The van der Waals surface area contributed by atoms with Gasteiger partial charge in [-0.3, -0.25) is 14.4 Å². The van der Waals surface area contributed by atoms with E-state index in [0.717, 1.165) is 0 Å². The predicted octanol–water partition coefficient (Wildman–Crippen LogP) is 2.45. The third-order valence-electron chi connectivity index (χ3n) is 3.69. The van der Waals surface area contributed by atoms with Gasteiger partial charge in [0.1, 0.15) is 0 Å². The molecular formula is C19H21ClN4O3. The minimum atomic E-state index is -0.282. The van der Waals surface area contributed by atoms with Gasteiger partial charge in [0.05, 0.1) is 17.1 Å². The summed E-state index contributed by atoms with van der Waals surface area (Å²) < 4.78 is 0. The van der Waals surface area contributed by atoms with Crippen LogP contribution in [0.25, 0.3) is 0 Å². The van der Waals surface area contributed by atoms with Crippen molar-refractivity contribution in [1.82, 2.24) is 10.2 Å². The van der Waals surface area contributed by atoms with Crippen molar-refractivity contribution in [2.75, 3.05) is 38.3 Å². The van der Waals surface area contributed by atoms with Crippen LogP contribution in [0.5, 0.6) is 0 Å². The van der Waals surface area contributed by atoms with E-state index in [4.69, 9.17) is 11.6 Å². The molecule has 3 N–H and O–H groups in total. The summed E-state index contributed by atoms with van der Waals surface area (Å²) in [5.41, 5.74) is 1.99. The topological polar surface area (TPSA) is 90.5 Å². The summed E-state index contributed by atoms with van der Waals surface area (Å²) in [7, 11) is 4.85. The molecule has 2 rings (SSSR count). The Hall–Kier alpha value is -3.06. The van der Waals surface area contributed by atoms with Crippen molar-refractivity contribution in [3.05, 3.63) is 58.6 Å². The molecule has 2 aromatic carbocycles. The van der Waals surface area contributed by atoms with Crippen LogP contribution >= 0.6 is 11.6 Å². The van der Waals surface area contributed by atoms with Crippen molar-refractivity contribution in [3.63, 3.8) is 0 Å². The lowest BCUT2D eigenvalue weighted by Crippen LogP contribution is -2.23. The van der Waals surface area contributed by atoms with Crippen LogP contribution in [0, 0.1) is 0 Å². The summed E-state index contributed by atoms with van der Waals surface area (Å²) >= 11 is 6.08. The molecule has 8 heteroatoms. The molecule has 0 bridgehead atoms. The molecule has 142 valence electrons.